The van der Waals surface area contributed by atoms with Crippen molar-refractivity contribution in [3.63, 3.8) is 0 Å². The smallest absolute Gasteiger partial charge is 0.321 e. The van der Waals surface area contributed by atoms with Crippen LogP contribution in [0.3, 0.4) is 0 Å². The fourth-order valence-electron chi connectivity index (χ4n) is 4.97. The lowest BCUT2D eigenvalue weighted by atomic mass is 9.95. The Bertz CT molecular complexity index is 980. The number of fused-ring (bicyclic) bond motifs is 1. The van der Waals surface area contributed by atoms with Crippen molar-refractivity contribution in [2.75, 3.05) is 38.2 Å². The monoisotopic (exact) mass is 435 g/mol. The van der Waals surface area contributed by atoms with Gasteiger partial charge < -0.3 is 24.6 Å². The van der Waals surface area contributed by atoms with E-state index < -0.39 is 0 Å². The average molecular weight is 436 g/mol. The van der Waals surface area contributed by atoms with Crippen molar-refractivity contribution in [3.05, 3.63) is 54.1 Å². The highest BCUT2D eigenvalue weighted by Crippen LogP contribution is 2.39. The van der Waals surface area contributed by atoms with E-state index in [-0.39, 0.29) is 23.9 Å². The molecule has 0 saturated carbocycles. The first-order chi connectivity index (χ1) is 15.7. The number of benzene rings is 2. The molecule has 0 unspecified atom stereocenters. The normalized spacial score (nSPS) is 22.5. The predicted molar refractivity (Wildman–Crippen MR) is 121 cm³/mol. The van der Waals surface area contributed by atoms with E-state index >= 15 is 0 Å². The Kier molecular flexibility index (Phi) is 5.88. The van der Waals surface area contributed by atoms with E-state index in [1.54, 1.807) is 4.90 Å². The third kappa shape index (κ3) is 4.24. The van der Waals surface area contributed by atoms with Gasteiger partial charge in [-0.25, -0.2) is 4.79 Å². The Morgan fingerprint density at radius 1 is 0.906 bits per heavy atom. The van der Waals surface area contributed by atoms with Gasteiger partial charge in [-0.15, -0.1) is 0 Å². The summed E-state index contributed by atoms with van der Waals surface area (Å²) in [6.45, 7) is 3.00. The second kappa shape index (κ2) is 9.10. The number of rotatable bonds is 3. The maximum absolute atomic E-state index is 13.5. The summed E-state index contributed by atoms with van der Waals surface area (Å²) < 4.78 is 11.4. The highest BCUT2D eigenvalue weighted by atomic mass is 16.6. The third-order valence-corrected chi connectivity index (χ3v) is 6.57. The minimum Gasteiger partial charge on any atom is -0.486 e. The van der Waals surface area contributed by atoms with Crippen LogP contribution < -0.4 is 14.8 Å². The minimum atomic E-state index is -0.164. The molecule has 1 N–H and O–H groups in total. The van der Waals surface area contributed by atoms with E-state index in [2.05, 4.69) is 5.32 Å². The number of piperidine rings is 1. The summed E-state index contributed by atoms with van der Waals surface area (Å²) in [7, 11) is 0. The largest absolute Gasteiger partial charge is 0.486 e. The number of amides is 3. The first-order valence-electron chi connectivity index (χ1n) is 11.5. The average Bonchev–Trinajstić information content (AvgIpc) is 3.34. The Hall–Kier alpha value is -3.22. The van der Waals surface area contributed by atoms with Crippen LogP contribution in [0.5, 0.6) is 11.5 Å². The molecule has 7 nitrogen and oxygen atoms in total. The van der Waals surface area contributed by atoms with Gasteiger partial charge in [0.25, 0.3) is 0 Å². The van der Waals surface area contributed by atoms with Crippen molar-refractivity contribution in [2.24, 2.45) is 5.92 Å². The molecule has 32 heavy (non-hydrogen) atoms. The Morgan fingerprint density at radius 3 is 2.53 bits per heavy atom. The van der Waals surface area contributed by atoms with Crippen LogP contribution in [0.2, 0.25) is 0 Å². The standard InChI is InChI=1S/C25H29N3O4/c29-24(19-6-4-12-27(17-19)25(30)26-20-7-2-1-3-8-20)28-13-5-9-21(28)18-10-11-22-23(16-18)32-15-14-31-22/h1-3,7-8,10-11,16,19,21H,4-6,9,12-15,17H2,(H,26,30)/t19-,21+/m0/s1. The van der Waals surface area contributed by atoms with E-state index in [9.17, 15) is 9.59 Å². The predicted octanol–water partition coefficient (Wildman–Crippen LogP) is 4.07. The number of carbonyl (C=O) groups is 2. The van der Waals surface area contributed by atoms with Crippen LogP contribution in [0.25, 0.3) is 0 Å². The molecule has 0 bridgehead atoms. The van der Waals surface area contributed by atoms with Crippen molar-refractivity contribution < 1.29 is 19.1 Å². The summed E-state index contributed by atoms with van der Waals surface area (Å²) in [5.41, 5.74) is 1.86. The van der Waals surface area contributed by atoms with E-state index in [0.29, 0.717) is 26.3 Å². The molecule has 168 valence electrons. The van der Waals surface area contributed by atoms with Crippen molar-refractivity contribution in [1.82, 2.24) is 9.80 Å². The van der Waals surface area contributed by atoms with Gasteiger partial charge in [0.2, 0.25) is 5.91 Å². The van der Waals surface area contributed by atoms with Crippen LogP contribution in [0.4, 0.5) is 10.5 Å². The van der Waals surface area contributed by atoms with Crippen molar-refractivity contribution in [1.29, 1.82) is 0 Å². The first-order valence-corrected chi connectivity index (χ1v) is 11.5. The number of carbonyl (C=O) groups excluding carboxylic acids is 2. The van der Waals surface area contributed by atoms with E-state index in [1.807, 2.05) is 53.4 Å². The molecule has 2 fully saturated rings. The second-order valence-electron chi connectivity index (χ2n) is 8.67. The molecule has 0 aliphatic carbocycles. The molecule has 7 heteroatoms. The Labute approximate surface area is 188 Å². The molecular formula is C25H29N3O4. The highest BCUT2D eigenvalue weighted by Gasteiger charge is 2.37. The van der Waals surface area contributed by atoms with Crippen molar-refractivity contribution >= 4 is 17.6 Å². The number of ether oxygens (including phenoxy) is 2. The highest BCUT2D eigenvalue weighted by molar-refractivity contribution is 5.90. The van der Waals surface area contributed by atoms with Gasteiger partial charge in [0.05, 0.1) is 12.0 Å². The van der Waals surface area contributed by atoms with Gasteiger partial charge >= 0.3 is 6.03 Å². The molecule has 3 amide bonds. The van der Waals surface area contributed by atoms with Gasteiger partial charge in [-0.05, 0) is 55.5 Å². The summed E-state index contributed by atoms with van der Waals surface area (Å²) in [4.78, 5) is 30.0. The third-order valence-electron chi connectivity index (χ3n) is 6.57. The van der Waals surface area contributed by atoms with Crippen LogP contribution in [0, 0.1) is 5.92 Å². The first kappa shape index (κ1) is 20.7. The molecule has 0 radical (unpaired) electrons. The van der Waals surface area contributed by atoms with Gasteiger partial charge in [-0.3, -0.25) is 4.79 Å². The van der Waals surface area contributed by atoms with Crippen LogP contribution in [-0.4, -0.2) is 54.6 Å². The number of hydrogen-bond donors (Lipinski definition) is 1. The summed E-state index contributed by atoms with van der Waals surface area (Å²) >= 11 is 0. The summed E-state index contributed by atoms with van der Waals surface area (Å²) in [6.07, 6.45) is 3.57. The van der Waals surface area contributed by atoms with Gasteiger partial charge in [0.15, 0.2) is 11.5 Å². The minimum absolute atomic E-state index is 0.0480. The van der Waals surface area contributed by atoms with Gasteiger partial charge in [-0.1, -0.05) is 24.3 Å². The molecule has 0 spiro atoms. The zero-order valence-corrected chi connectivity index (χ0v) is 18.2. The molecule has 2 atom stereocenters. The lowest BCUT2D eigenvalue weighted by Gasteiger charge is -2.36. The number of nitrogens with one attached hydrogen (secondary N) is 1. The van der Waals surface area contributed by atoms with Crippen LogP contribution in [0.15, 0.2) is 48.5 Å². The van der Waals surface area contributed by atoms with E-state index in [0.717, 1.165) is 55.0 Å². The summed E-state index contributed by atoms with van der Waals surface area (Å²) in [6, 6.07) is 15.4. The lowest BCUT2D eigenvalue weighted by Crippen LogP contribution is -2.47. The van der Waals surface area contributed by atoms with Crippen molar-refractivity contribution in [3.8, 4) is 11.5 Å². The number of hydrogen-bond acceptors (Lipinski definition) is 4. The van der Waals surface area contributed by atoms with Crippen molar-refractivity contribution in [2.45, 2.75) is 31.7 Å². The molecule has 3 aliphatic rings. The number of anilines is 1. The zero-order valence-electron chi connectivity index (χ0n) is 18.2. The van der Waals surface area contributed by atoms with Crippen LogP contribution >= 0.6 is 0 Å². The fraction of sp³-hybridized carbons (Fsp3) is 0.440. The number of para-hydroxylation sites is 1. The zero-order chi connectivity index (χ0) is 21.9. The molecule has 2 saturated heterocycles. The van der Waals surface area contributed by atoms with Gasteiger partial charge in [0.1, 0.15) is 13.2 Å². The molecule has 2 aromatic carbocycles. The van der Waals surface area contributed by atoms with Crippen LogP contribution in [0.1, 0.15) is 37.3 Å². The summed E-state index contributed by atoms with van der Waals surface area (Å²) in [5, 5.41) is 2.94. The number of likely N-dealkylation sites (tertiary alicyclic amines) is 2. The maximum Gasteiger partial charge on any atom is 0.321 e. The van der Waals surface area contributed by atoms with E-state index in [1.165, 1.54) is 0 Å². The van der Waals surface area contributed by atoms with Crippen LogP contribution in [-0.2, 0) is 4.79 Å². The topological polar surface area (TPSA) is 71.1 Å². The number of nitrogens with zero attached hydrogens (tertiary/aromatic N) is 2. The SMILES string of the molecule is O=C(Nc1ccccc1)N1CCC[C@H](C(=O)N2CCC[C@@H]2c2ccc3c(c2)OCCO3)C1. The molecule has 3 heterocycles. The molecule has 0 aromatic heterocycles. The summed E-state index contributed by atoms with van der Waals surface area (Å²) in [5.74, 6) is 1.51. The fourth-order valence-corrected chi connectivity index (χ4v) is 4.97. The second-order valence-corrected chi connectivity index (χ2v) is 8.67. The maximum atomic E-state index is 13.5. The molecule has 2 aromatic rings. The van der Waals surface area contributed by atoms with Gasteiger partial charge in [-0.2, -0.15) is 0 Å². The van der Waals surface area contributed by atoms with Gasteiger partial charge in [0, 0.05) is 25.3 Å². The quantitative estimate of drug-likeness (QED) is 0.789. The lowest BCUT2D eigenvalue weighted by molar-refractivity contribution is -0.137. The molecular weight excluding hydrogens is 406 g/mol. The number of urea groups is 1. The molecule has 3 aliphatic heterocycles. The van der Waals surface area contributed by atoms with E-state index in [4.69, 9.17) is 9.47 Å². The Morgan fingerprint density at radius 2 is 1.69 bits per heavy atom. The molecule has 5 rings (SSSR count). The Balaban J connectivity index is 1.26.